The quantitative estimate of drug-likeness (QED) is 0.466. The van der Waals surface area contributed by atoms with Crippen LogP contribution in [0.5, 0.6) is 0 Å². The second kappa shape index (κ2) is 6.86. The van der Waals surface area contributed by atoms with E-state index in [0.29, 0.717) is 12.3 Å². The SMILES string of the molecule is COCO[C@@H](CC(C)C)C(=O)OC. The monoisotopic (exact) mass is 190 g/mol. The number of carbonyl (C=O) groups excluding carboxylic acids is 1. The zero-order valence-corrected chi connectivity index (χ0v) is 8.70. The largest absolute Gasteiger partial charge is 0.467 e. The number of carbonyl (C=O) groups is 1. The van der Waals surface area contributed by atoms with Gasteiger partial charge in [-0.05, 0) is 12.3 Å². The summed E-state index contributed by atoms with van der Waals surface area (Å²) in [5.74, 6) is 0.0479. The molecule has 1 atom stereocenters. The molecule has 0 saturated carbocycles. The van der Waals surface area contributed by atoms with Crippen LogP contribution >= 0.6 is 0 Å². The lowest BCUT2D eigenvalue weighted by Gasteiger charge is -2.16. The molecule has 0 saturated heterocycles. The third-order valence-corrected chi connectivity index (χ3v) is 1.54. The standard InChI is InChI=1S/C9H18O4/c1-7(2)5-8(9(10)12-4)13-6-11-3/h7-8H,5-6H2,1-4H3/t8-/m0/s1. The normalized spacial score (nSPS) is 13.0. The topological polar surface area (TPSA) is 44.8 Å². The summed E-state index contributed by atoms with van der Waals surface area (Å²) >= 11 is 0. The summed E-state index contributed by atoms with van der Waals surface area (Å²) in [5.41, 5.74) is 0. The fourth-order valence-corrected chi connectivity index (χ4v) is 0.942. The Morgan fingerprint density at radius 2 is 1.92 bits per heavy atom. The lowest BCUT2D eigenvalue weighted by molar-refractivity contribution is -0.163. The van der Waals surface area contributed by atoms with Crippen LogP contribution in [0.3, 0.4) is 0 Å². The summed E-state index contributed by atoms with van der Waals surface area (Å²) in [6, 6.07) is 0. The van der Waals surface area contributed by atoms with E-state index < -0.39 is 6.10 Å². The smallest absolute Gasteiger partial charge is 0.335 e. The molecule has 4 nitrogen and oxygen atoms in total. The van der Waals surface area contributed by atoms with Gasteiger partial charge in [-0.15, -0.1) is 0 Å². The maximum atomic E-state index is 11.2. The van der Waals surface area contributed by atoms with E-state index in [1.54, 1.807) is 0 Å². The Kier molecular flexibility index (Phi) is 6.54. The molecule has 0 radical (unpaired) electrons. The highest BCUT2D eigenvalue weighted by Gasteiger charge is 2.20. The average molecular weight is 190 g/mol. The minimum Gasteiger partial charge on any atom is -0.467 e. The minimum absolute atomic E-state index is 0.118. The van der Waals surface area contributed by atoms with Crippen molar-refractivity contribution in [3.8, 4) is 0 Å². The van der Waals surface area contributed by atoms with Gasteiger partial charge in [-0.25, -0.2) is 4.79 Å². The van der Waals surface area contributed by atoms with Gasteiger partial charge >= 0.3 is 5.97 Å². The number of ether oxygens (including phenoxy) is 3. The molecule has 0 unspecified atom stereocenters. The van der Waals surface area contributed by atoms with Gasteiger partial charge in [-0.3, -0.25) is 0 Å². The van der Waals surface area contributed by atoms with Crippen molar-refractivity contribution in [2.75, 3.05) is 21.0 Å². The van der Waals surface area contributed by atoms with Gasteiger partial charge in [-0.1, -0.05) is 13.8 Å². The van der Waals surface area contributed by atoms with Gasteiger partial charge in [0.15, 0.2) is 6.10 Å². The molecule has 0 aromatic carbocycles. The Balaban J connectivity index is 3.94. The van der Waals surface area contributed by atoms with Crippen molar-refractivity contribution in [3.63, 3.8) is 0 Å². The summed E-state index contributed by atoms with van der Waals surface area (Å²) in [4.78, 5) is 11.2. The second-order valence-corrected chi connectivity index (χ2v) is 3.21. The van der Waals surface area contributed by atoms with Gasteiger partial charge in [0.25, 0.3) is 0 Å². The Morgan fingerprint density at radius 3 is 2.31 bits per heavy atom. The molecule has 0 N–H and O–H groups in total. The van der Waals surface area contributed by atoms with Crippen LogP contribution in [-0.2, 0) is 19.0 Å². The zero-order chi connectivity index (χ0) is 10.3. The molecule has 0 amide bonds. The van der Waals surface area contributed by atoms with Crippen LogP contribution < -0.4 is 0 Å². The highest BCUT2D eigenvalue weighted by Crippen LogP contribution is 2.09. The van der Waals surface area contributed by atoms with Gasteiger partial charge in [0.2, 0.25) is 0 Å². The maximum absolute atomic E-state index is 11.2. The Labute approximate surface area is 79.2 Å². The first-order chi connectivity index (χ1) is 6.11. The molecular weight excluding hydrogens is 172 g/mol. The van der Waals surface area contributed by atoms with Crippen LogP contribution in [0.25, 0.3) is 0 Å². The van der Waals surface area contributed by atoms with E-state index in [-0.39, 0.29) is 12.8 Å². The molecule has 4 heteroatoms. The van der Waals surface area contributed by atoms with Crippen LogP contribution in [0, 0.1) is 5.92 Å². The first kappa shape index (κ1) is 12.4. The molecule has 78 valence electrons. The second-order valence-electron chi connectivity index (χ2n) is 3.21. The van der Waals surface area contributed by atoms with Crippen molar-refractivity contribution in [3.05, 3.63) is 0 Å². The average Bonchev–Trinajstić information content (AvgIpc) is 2.10. The molecule has 0 aliphatic rings. The highest BCUT2D eigenvalue weighted by atomic mass is 16.7. The van der Waals surface area contributed by atoms with E-state index in [4.69, 9.17) is 9.47 Å². The summed E-state index contributed by atoms with van der Waals surface area (Å²) in [7, 11) is 2.87. The summed E-state index contributed by atoms with van der Waals surface area (Å²) in [6.07, 6.45) is 0.140. The molecule has 0 aliphatic carbocycles. The summed E-state index contributed by atoms with van der Waals surface area (Å²) in [5, 5.41) is 0. The predicted octanol–water partition coefficient (Wildman–Crippen LogP) is 1.19. The van der Waals surface area contributed by atoms with Gasteiger partial charge in [0, 0.05) is 7.11 Å². The third kappa shape index (κ3) is 5.60. The molecule has 0 spiro atoms. The van der Waals surface area contributed by atoms with Crippen LogP contribution in [0.15, 0.2) is 0 Å². The molecule has 0 rings (SSSR count). The lowest BCUT2D eigenvalue weighted by atomic mass is 10.1. The molecule has 0 aromatic heterocycles. The van der Waals surface area contributed by atoms with Crippen molar-refractivity contribution in [2.24, 2.45) is 5.92 Å². The fraction of sp³-hybridized carbons (Fsp3) is 0.889. The Morgan fingerprint density at radius 1 is 1.31 bits per heavy atom. The van der Waals surface area contributed by atoms with Crippen molar-refractivity contribution in [1.82, 2.24) is 0 Å². The Bertz CT molecular complexity index is 145. The van der Waals surface area contributed by atoms with Crippen molar-refractivity contribution in [1.29, 1.82) is 0 Å². The van der Waals surface area contributed by atoms with Crippen LogP contribution in [0.4, 0.5) is 0 Å². The van der Waals surface area contributed by atoms with Gasteiger partial charge in [0.05, 0.1) is 7.11 Å². The molecule has 0 fully saturated rings. The van der Waals surface area contributed by atoms with E-state index >= 15 is 0 Å². The van der Waals surface area contributed by atoms with Crippen LogP contribution in [-0.4, -0.2) is 33.1 Å². The van der Waals surface area contributed by atoms with Gasteiger partial charge < -0.3 is 14.2 Å². The summed E-state index contributed by atoms with van der Waals surface area (Å²) < 4.78 is 14.5. The van der Waals surface area contributed by atoms with E-state index in [1.807, 2.05) is 13.8 Å². The summed E-state index contributed by atoms with van der Waals surface area (Å²) in [6.45, 7) is 4.16. The number of methoxy groups -OCH3 is 2. The van der Waals surface area contributed by atoms with Crippen molar-refractivity contribution < 1.29 is 19.0 Å². The maximum Gasteiger partial charge on any atom is 0.335 e. The highest BCUT2D eigenvalue weighted by molar-refractivity contribution is 5.74. The fourth-order valence-electron chi connectivity index (χ4n) is 0.942. The molecular formula is C9H18O4. The molecule has 0 bridgehead atoms. The molecule has 0 aromatic rings. The number of hydrogen-bond donors (Lipinski definition) is 0. The van der Waals surface area contributed by atoms with E-state index in [0.717, 1.165) is 0 Å². The molecule has 0 heterocycles. The van der Waals surface area contributed by atoms with Crippen molar-refractivity contribution in [2.45, 2.75) is 26.4 Å². The van der Waals surface area contributed by atoms with E-state index in [9.17, 15) is 4.79 Å². The van der Waals surface area contributed by atoms with E-state index in [2.05, 4.69) is 4.74 Å². The van der Waals surface area contributed by atoms with Gasteiger partial charge in [0.1, 0.15) is 6.79 Å². The Hall–Kier alpha value is -0.610. The molecule has 13 heavy (non-hydrogen) atoms. The number of hydrogen-bond acceptors (Lipinski definition) is 4. The lowest BCUT2D eigenvalue weighted by Crippen LogP contribution is -2.28. The molecule has 0 aliphatic heterocycles. The van der Waals surface area contributed by atoms with Gasteiger partial charge in [-0.2, -0.15) is 0 Å². The van der Waals surface area contributed by atoms with E-state index in [1.165, 1.54) is 14.2 Å². The third-order valence-electron chi connectivity index (χ3n) is 1.54. The first-order valence-electron chi connectivity index (χ1n) is 4.30. The van der Waals surface area contributed by atoms with Crippen molar-refractivity contribution >= 4 is 5.97 Å². The van der Waals surface area contributed by atoms with Crippen LogP contribution in [0.2, 0.25) is 0 Å². The minimum atomic E-state index is -0.509. The zero-order valence-electron chi connectivity index (χ0n) is 8.70. The van der Waals surface area contributed by atoms with Crippen LogP contribution in [0.1, 0.15) is 20.3 Å². The predicted molar refractivity (Wildman–Crippen MR) is 48.2 cm³/mol. The number of rotatable bonds is 6. The first-order valence-corrected chi connectivity index (χ1v) is 4.30. The number of esters is 1.